The van der Waals surface area contributed by atoms with Crippen molar-refractivity contribution in [3.8, 4) is 5.75 Å². The Labute approximate surface area is 220 Å². The lowest BCUT2D eigenvalue weighted by Gasteiger charge is -2.26. The van der Waals surface area contributed by atoms with Gasteiger partial charge in [0.25, 0.3) is 11.8 Å². The van der Waals surface area contributed by atoms with Gasteiger partial charge in [0.15, 0.2) is 0 Å². The van der Waals surface area contributed by atoms with Crippen LogP contribution in [0, 0.1) is 5.82 Å². The first-order valence-corrected chi connectivity index (χ1v) is 11.8. The van der Waals surface area contributed by atoms with E-state index in [0.29, 0.717) is 0 Å². The number of nitrogens with one attached hydrogen (secondary N) is 1. The van der Waals surface area contributed by atoms with E-state index in [-0.39, 0.29) is 39.2 Å². The van der Waals surface area contributed by atoms with Crippen molar-refractivity contribution in [2.24, 2.45) is 0 Å². The standard InChI is InChI=1S/C28H17Cl2FN2O4/c29-19-12-18(13-23-26(34)32-28(36)33(27(23)35)21-10-8-20(31)9-11-21)25(24(30)14-19)37-15-17-6-3-5-16-4-1-2-7-22(16)17/h1-14H,15H2,(H,32,34,36)/b23-13+. The van der Waals surface area contributed by atoms with E-state index in [1.165, 1.54) is 30.3 Å². The van der Waals surface area contributed by atoms with Crippen LogP contribution < -0.4 is 15.0 Å². The van der Waals surface area contributed by atoms with Crippen molar-refractivity contribution in [3.05, 3.63) is 111 Å². The highest BCUT2D eigenvalue weighted by Gasteiger charge is 2.37. The van der Waals surface area contributed by atoms with Crippen molar-refractivity contribution in [2.75, 3.05) is 4.90 Å². The van der Waals surface area contributed by atoms with Gasteiger partial charge in [-0.2, -0.15) is 0 Å². The van der Waals surface area contributed by atoms with Crippen LogP contribution in [0.4, 0.5) is 14.9 Å². The highest BCUT2D eigenvalue weighted by Crippen LogP contribution is 2.36. The number of nitrogens with zero attached hydrogens (tertiary/aromatic N) is 1. The minimum absolute atomic E-state index is 0.0962. The molecule has 0 spiro atoms. The summed E-state index contributed by atoms with van der Waals surface area (Å²) in [7, 11) is 0. The number of halogens is 3. The van der Waals surface area contributed by atoms with Crippen molar-refractivity contribution in [1.29, 1.82) is 0 Å². The molecule has 1 heterocycles. The number of carbonyl (C=O) groups excluding carboxylic acids is 3. The molecule has 4 aromatic rings. The second-order valence-electron chi connectivity index (χ2n) is 8.17. The number of fused-ring (bicyclic) bond motifs is 1. The minimum Gasteiger partial charge on any atom is -0.487 e. The highest BCUT2D eigenvalue weighted by molar-refractivity contribution is 6.40. The number of benzene rings is 4. The maximum Gasteiger partial charge on any atom is 0.335 e. The number of carbonyl (C=O) groups is 3. The lowest BCUT2D eigenvalue weighted by Crippen LogP contribution is -2.54. The molecule has 37 heavy (non-hydrogen) atoms. The Balaban J connectivity index is 1.52. The summed E-state index contributed by atoms with van der Waals surface area (Å²) in [6.45, 7) is 0.152. The first-order chi connectivity index (χ1) is 17.8. The number of amides is 4. The smallest absolute Gasteiger partial charge is 0.335 e. The topological polar surface area (TPSA) is 75.7 Å². The first-order valence-electron chi connectivity index (χ1n) is 11.1. The molecule has 0 saturated carbocycles. The number of imide groups is 2. The van der Waals surface area contributed by atoms with Crippen LogP contribution >= 0.6 is 23.2 Å². The lowest BCUT2D eigenvalue weighted by atomic mass is 10.0. The molecule has 1 aliphatic heterocycles. The third kappa shape index (κ3) is 4.91. The van der Waals surface area contributed by atoms with E-state index in [0.717, 1.165) is 33.4 Å². The second-order valence-corrected chi connectivity index (χ2v) is 9.01. The maximum absolute atomic E-state index is 13.4. The summed E-state index contributed by atoms with van der Waals surface area (Å²) in [5.74, 6) is -2.12. The first kappa shape index (κ1) is 24.5. The SMILES string of the molecule is O=C1NC(=O)N(c2ccc(F)cc2)C(=O)/C1=C/c1cc(Cl)cc(Cl)c1OCc1cccc2ccccc12. The van der Waals surface area contributed by atoms with Gasteiger partial charge in [-0.3, -0.25) is 14.9 Å². The summed E-state index contributed by atoms with van der Waals surface area (Å²) in [6.07, 6.45) is 1.26. The molecule has 1 N–H and O–H groups in total. The quantitative estimate of drug-likeness (QED) is 0.233. The normalized spacial score (nSPS) is 14.8. The fourth-order valence-corrected chi connectivity index (χ4v) is 4.61. The molecule has 1 fully saturated rings. The number of barbiturate groups is 1. The van der Waals surface area contributed by atoms with Crippen molar-refractivity contribution in [1.82, 2.24) is 5.32 Å². The largest absolute Gasteiger partial charge is 0.487 e. The van der Waals surface area contributed by atoms with E-state index >= 15 is 0 Å². The molecular formula is C28H17Cl2FN2O4. The predicted molar refractivity (Wildman–Crippen MR) is 140 cm³/mol. The van der Waals surface area contributed by atoms with Gasteiger partial charge < -0.3 is 4.74 Å². The maximum atomic E-state index is 13.4. The highest BCUT2D eigenvalue weighted by atomic mass is 35.5. The fourth-order valence-electron chi connectivity index (χ4n) is 4.05. The van der Waals surface area contributed by atoms with E-state index in [2.05, 4.69) is 5.32 Å². The molecule has 0 unspecified atom stereocenters. The summed E-state index contributed by atoms with van der Waals surface area (Å²) in [5.41, 5.74) is 0.919. The number of hydrogen-bond donors (Lipinski definition) is 1. The molecule has 0 atom stereocenters. The van der Waals surface area contributed by atoms with Gasteiger partial charge in [0.1, 0.15) is 23.7 Å². The minimum atomic E-state index is -0.949. The van der Waals surface area contributed by atoms with E-state index in [1.54, 1.807) is 0 Å². The van der Waals surface area contributed by atoms with Crippen LogP contribution in [0.5, 0.6) is 5.75 Å². The third-order valence-electron chi connectivity index (χ3n) is 5.78. The Hall–Kier alpha value is -4.20. The lowest BCUT2D eigenvalue weighted by molar-refractivity contribution is -0.122. The average molecular weight is 535 g/mol. The number of hydrogen-bond acceptors (Lipinski definition) is 4. The van der Waals surface area contributed by atoms with Gasteiger partial charge >= 0.3 is 6.03 Å². The van der Waals surface area contributed by atoms with Crippen LogP contribution in [0.15, 0.2) is 84.4 Å². The number of ether oxygens (including phenoxy) is 1. The van der Waals surface area contributed by atoms with Crippen LogP contribution in [0.25, 0.3) is 16.8 Å². The molecular weight excluding hydrogens is 518 g/mol. The Morgan fingerprint density at radius 2 is 1.65 bits per heavy atom. The Kier molecular flexibility index (Phi) is 6.65. The zero-order valence-corrected chi connectivity index (χ0v) is 20.5. The third-order valence-corrected chi connectivity index (χ3v) is 6.27. The van der Waals surface area contributed by atoms with Crippen molar-refractivity contribution < 1.29 is 23.5 Å². The number of rotatable bonds is 5. The molecule has 1 aliphatic rings. The van der Waals surface area contributed by atoms with Gasteiger partial charge in [-0.15, -0.1) is 0 Å². The Bertz CT molecular complexity index is 1600. The Morgan fingerprint density at radius 3 is 2.43 bits per heavy atom. The van der Waals surface area contributed by atoms with E-state index in [4.69, 9.17) is 27.9 Å². The van der Waals surface area contributed by atoms with Crippen LogP contribution in [-0.4, -0.2) is 17.8 Å². The van der Waals surface area contributed by atoms with E-state index < -0.39 is 23.7 Å². The zero-order chi connectivity index (χ0) is 26.1. The second kappa shape index (κ2) is 10.0. The van der Waals surface area contributed by atoms with Gasteiger partial charge in [0.05, 0.1) is 10.7 Å². The summed E-state index contributed by atoms with van der Waals surface area (Å²) in [6, 6.07) is 20.4. The molecule has 0 radical (unpaired) electrons. The molecule has 4 aromatic carbocycles. The van der Waals surface area contributed by atoms with Crippen LogP contribution in [0.2, 0.25) is 10.0 Å². The average Bonchev–Trinajstić information content (AvgIpc) is 2.87. The van der Waals surface area contributed by atoms with Gasteiger partial charge in [0.2, 0.25) is 0 Å². The van der Waals surface area contributed by atoms with Crippen molar-refractivity contribution in [3.63, 3.8) is 0 Å². The molecule has 0 aromatic heterocycles. The van der Waals surface area contributed by atoms with E-state index in [1.807, 2.05) is 42.5 Å². The fraction of sp³-hybridized carbons (Fsp3) is 0.0357. The van der Waals surface area contributed by atoms with E-state index in [9.17, 15) is 18.8 Å². The van der Waals surface area contributed by atoms with Gasteiger partial charge in [-0.25, -0.2) is 14.1 Å². The molecule has 0 aliphatic carbocycles. The summed E-state index contributed by atoms with van der Waals surface area (Å²) < 4.78 is 19.4. The van der Waals surface area contributed by atoms with Crippen molar-refractivity contribution in [2.45, 2.75) is 6.61 Å². The molecule has 5 rings (SSSR count). The molecule has 0 bridgehead atoms. The molecule has 1 saturated heterocycles. The predicted octanol–water partition coefficient (Wildman–Crippen LogP) is 6.53. The van der Waals surface area contributed by atoms with Gasteiger partial charge in [-0.1, -0.05) is 65.7 Å². The molecule has 9 heteroatoms. The molecule has 4 amide bonds. The summed E-state index contributed by atoms with van der Waals surface area (Å²) in [5, 5.41) is 4.61. The molecule has 6 nitrogen and oxygen atoms in total. The summed E-state index contributed by atoms with van der Waals surface area (Å²) in [4.78, 5) is 39.0. The van der Waals surface area contributed by atoms with Crippen molar-refractivity contribution >= 4 is 63.6 Å². The number of anilines is 1. The monoisotopic (exact) mass is 534 g/mol. The zero-order valence-electron chi connectivity index (χ0n) is 19.0. The Morgan fingerprint density at radius 1 is 0.919 bits per heavy atom. The van der Waals surface area contributed by atoms with Gasteiger partial charge in [-0.05, 0) is 58.8 Å². The van der Waals surface area contributed by atoms with Gasteiger partial charge in [0, 0.05) is 10.6 Å². The van der Waals surface area contributed by atoms with Crippen LogP contribution in [0.1, 0.15) is 11.1 Å². The van der Waals surface area contributed by atoms with Crippen LogP contribution in [0.3, 0.4) is 0 Å². The number of urea groups is 1. The summed E-state index contributed by atoms with van der Waals surface area (Å²) >= 11 is 12.7. The van der Waals surface area contributed by atoms with Crippen LogP contribution in [-0.2, 0) is 16.2 Å². The molecule has 184 valence electrons.